The van der Waals surface area contributed by atoms with Crippen molar-refractivity contribution in [1.82, 2.24) is 4.72 Å². The van der Waals surface area contributed by atoms with E-state index in [0.717, 1.165) is 0 Å². The van der Waals surface area contributed by atoms with Gasteiger partial charge in [-0.15, -0.1) is 0 Å². The molecule has 0 spiro atoms. The smallest absolute Gasteiger partial charge is 0.242 e. The molecule has 0 aliphatic carbocycles. The highest BCUT2D eigenvalue weighted by molar-refractivity contribution is 7.89. The van der Waals surface area contributed by atoms with Gasteiger partial charge < -0.3 is 10.6 Å². The number of para-hydroxylation sites is 1. The molecule has 114 valence electrons. The lowest BCUT2D eigenvalue weighted by atomic mass is 9.93. The lowest BCUT2D eigenvalue weighted by Crippen LogP contribution is -2.37. The normalized spacial score (nSPS) is 12.4. The SMILES string of the molecule is CCNS(=O)(=O)c1ccccc1N(C)CC(C)(C)CN. The maximum absolute atomic E-state index is 12.2. The van der Waals surface area contributed by atoms with Crippen LogP contribution in [0.4, 0.5) is 5.69 Å². The van der Waals surface area contributed by atoms with E-state index >= 15 is 0 Å². The Balaban J connectivity index is 3.14. The Hall–Kier alpha value is -1.11. The molecule has 1 aromatic rings. The number of anilines is 1. The van der Waals surface area contributed by atoms with Crippen LogP contribution in [0.15, 0.2) is 29.2 Å². The quantitative estimate of drug-likeness (QED) is 0.798. The molecule has 0 radical (unpaired) electrons. The van der Waals surface area contributed by atoms with Gasteiger partial charge in [-0.05, 0) is 24.1 Å². The largest absolute Gasteiger partial charge is 0.373 e. The van der Waals surface area contributed by atoms with Crippen molar-refractivity contribution in [3.8, 4) is 0 Å². The molecule has 0 atom stereocenters. The minimum absolute atomic E-state index is 0.0796. The predicted molar refractivity (Wildman–Crippen MR) is 83.4 cm³/mol. The maximum Gasteiger partial charge on any atom is 0.242 e. The van der Waals surface area contributed by atoms with Crippen LogP contribution in [-0.4, -0.2) is 35.1 Å². The third-order valence-corrected chi connectivity index (χ3v) is 4.71. The topological polar surface area (TPSA) is 75.4 Å². The van der Waals surface area contributed by atoms with Crippen molar-refractivity contribution in [1.29, 1.82) is 0 Å². The summed E-state index contributed by atoms with van der Waals surface area (Å²) in [6.45, 7) is 7.48. The van der Waals surface area contributed by atoms with Gasteiger partial charge in [0.2, 0.25) is 10.0 Å². The van der Waals surface area contributed by atoms with Crippen molar-refractivity contribution < 1.29 is 8.42 Å². The van der Waals surface area contributed by atoms with Crippen molar-refractivity contribution in [3.05, 3.63) is 24.3 Å². The van der Waals surface area contributed by atoms with E-state index in [-0.39, 0.29) is 5.41 Å². The van der Waals surface area contributed by atoms with E-state index in [0.29, 0.717) is 30.2 Å². The lowest BCUT2D eigenvalue weighted by Gasteiger charge is -2.31. The van der Waals surface area contributed by atoms with E-state index in [9.17, 15) is 8.42 Å². The van der Waals surface area contributed by atoms with Crippen molar-refractivity contribution in [2.75, 3.05) is 31.6 Å². The molecule has 0 heterocycles. The highest BCUT2D eigenvalue weighted by atomic mass is 32.2. The van der Waals surface area contributed by atoms with Crippen LogP contribution in [-0.2, 0) is 10.0 Å². The molecule has 0 saturated carbocycles. The monoisotopic (exact) mass is 299 g/mol. The molecule has 1 rings (SSSR count). The highest BCUT2D eigenvalue weighted by Gasteiger charge is 2.23. The van der Waals surface area contributed by atoms with Gasteiger partial charge in [0.05, 0.1) is 5.69 Å². The fourth-order valence-corrected chi connectivity index (χ4v) is 3.35. The van der Waals surface area contributed by atoms with Crippen LogP contribution in [0.2, 0.25) is 0 Å². The molecule has 0 aliphatic rings. The second kappa shape index (κ2) is 6.56. The number of nitrogens with zero attached hydrogens (tertiary/aromatic N) is 1. The number of hydrogen-bond donors (Lipinski definition) is 2. The Bertz CT molecular complexity index is 541. The molecule has 0 aliphatic heterocycles. The van der Waals surface area contributed by atoms with Gasteiger partial charge >= 0.3 is 0 Å². The van der Waals surface area contributed by atoms with E-state index in [1.807, 2.05) is 24.1 Å². The average Bonchev–Trinajstić information content (AvgIpc) is 2.38. The first-order chi connectivity index (χ1) is 9.23. The molecule has 0 amide bonds. The Morgan fingerprint density at radius 3 is 2.45 bits per heavy atom. The van der Waals surface area contributed by atoms with E-state index in [1.54, 1.807) is 19.1 Å². The van der Waals surface area contributed by atoms with Gasteiger partial charge in [-0.2, -0.15) is 0 Å². The first kappa shape index (κ1) is 16.9. The van der Waals surface area contributed by atoms with Gasteiger partial charge in [-0.25, -0.2) is 13.1 Å². The van der Waals surface area contributed by atoms with Crippen LogP contribution >= 0.6 is 0 Å². The van der Waals surface area contributed by atoms with Gasteiger partial charge in [0.15, 0.2) is 0 Å². The number of rotatable bonds is 7. The fourth-order valence-electron chi connectivity index (χ4n) is 2.06. The molecule has 0 saturated heterocycles. The minimum Gasteiger partial charge on any atom is -0.373 e. The summed E-state index contributed by atoms with van der Waals surface area (Å²) in [6, 6.07) is 7.01. The van der Waals surface area contributed by atoms with Crippen molar-refractivity contribution in [2.24, 2.45) is 11.1 Å². The van der Waals surface area contributed by atoms with Crippen LogP contribution in [0.5, 0.6) is 0 Å². The third kappa shape index (κ3) is 4.19. The van der Waals surface area contributed by atoms with Crippen LogP contribution in [0.1, 0.15) is 20.8 Å². The molecule has 1 aromatic carbocycles. The summed E-state index contributed by atoms with van der Waals surface area (Å²) in [6.07, 6.45) is 0. The Morgan fingerprint density at radius 1 is 1.30 bits per heavy atom. The number of hydrogen-bond acceptors (Lipinski definition) is 4. The zero-order chi connectivity index (χ0) is 15.4. The van der Waals surface area contributed by atoms with E-state index < -0.39 is 10.0 Å². The Kier molecular flexibility index (Phi) is 5.56. The standard InChI is InChI=1S/C14H25N3O2S/c1-5-16-20(18,19)13-9-7-6-8-12(13)17(4)11-14(2,3)10-15/h6-9,16H,5,10-11,15H2,1-4H3. The Morgan fingerprint density at radius 2 is 1.90 bits per heavy atom. The molecule has 20 heavy (non-hydrogen) atoms. The number of nitrogens with one attached hydrogen (secondary N) is 1. The van der Waals surface area contributed by atoms with Gasteiger partial charge in [0.25, 0.3) is 0 Å². The molecular formula is C14H25N3O2S. The van der Waals surface area contributed by atoms with Crippen molar-refractivity contribution in [2.45, 2.75) is 25.7 Å². The summed E-state index contributed by atoms with van der Waals surface area (Å²) in [4.78, 5) is 2.24. The highest BCUT2D eigenvalue weighted by Crippen LogP contribution is 2.26. The van der Waals surface area contributed by atoms with Gasteiger partial charge in [-0.3, -0.25) is 0 Å². The number of benzene rings is 1. The molecule has 0 unspecified atom stereocenters. The van der Waals surface area contributed by atoms with Crippen molar-refractivity contribution in [3.63, 3.8) is 0 Å². The molecule has 3 N–H and O–H groups in total. The summed E-state index contributed by atoms with van der Waals surface area (Å²) in [5, 5.41) is 0. The average molecular weight is 299 g/mol. The van der Waals surface area contributed by atoms with Crippen molar-refractivity contribution >= 4 is 15.7 Å². The summed E-state index contributed by atoms with van der Waals surface area (Å²) in [7, 11) is -1.58. The zero-order valence-electron chi connectivity index (χ0n) is 12.7. The molecule has 0 fully saturated rings. The Labute approximate surface area is 122 Å². The molecular weight excluding hydrogens is 274 g/mol. The summed E-state index contributed by atoms with van der Waals surface area (Å²) in [5.74, 6) is 0. The summed E-state index contributed by atoms with van der Waals surface area (Å²) in [5.41, 5.74) is 6.36. The maximum atomic E-state index is 12.2. The van der Waals surface area contributed by atoms with Crippen LogP contribution in [0.25, 0.3) is 0 Å². The van der Waals surface area contributed by atoms with Crippen LogP contribution in [0, 0.1) is 5.41 Å². The van der Waals surface area contributed by atoms with Gasteiger partial charge in [0.1, 0.15) is 4.90 Å². The fraction of sp³-hybridized carbons (Fsp3) is 0.571. The third-order valence-electron chi connectivity index (χ3n) is 3.12. The predicted octanol–water partition coefficient (Wildman–Crippen LogP) is 1.41. The van der Waals surface area contributed by atoms with E-state index in [2.05, 4.69) is 18.6 Å². The van der Waals surface area contributed by atoms with E-state index in [4.69, 9.17) is 5.73 Å². The molecule has 5 nitrogen and oxygen atoms in total. The van der Waals surface area contributed by atoms with Gasteiger partial charge in [-0.1, -0.05) is 32.9 Å². The molecule has 0 bridgehead atoms. The minimum atomic E-state index is -3.47. The summed E-state index contributed by atoms with van der Waals surface area (Å²) >= 11 is 0. The van der Waals surface area contributed by atoms with Gasteiger partial charge in [0, 0.05) is 20.1 Å². The van der Waals surface area contributed by atoms with Crippen LogP contribution < -0.4 is 15.4 Å². The first-order valence-corrected chi connectivity index (χ1v) is 8.22. The number of nitrogens with two attached hydrogens (primary N) is 1. The molecule has 0 aromatic heterocycles. The summed E-state index contributed by atoms with van der Waals surface area (Å²) < 4.78 is 27.0. The van der Waals surface area contributed by atoms with E-state index in [1.165, 1.54) is 0 Å². The first-order valence-electron chi connectivity index (χ1n) is 6.73. The number of sulfonamides is 1. The zero-order valence-corrected chi connectivity index (χ0v) is 13.5. The second-order valence-corrected chi connectivity index (χ2v) is 7.43. The lowest BCUT2D eigenvalue weighted by molar-refractivity contribution is 0.384. The molecule has 6 heteroatoms. The second-order valence-electron chi connectivity index (χ2n) is 5.69. The van der Waals surface area contributed by atoms with Crippen LogP contribution in [0.3, 0.4) is 0 Å².